The van der Waals surface area contributed by atoms with Crippen LogP contribution in [-0.4, -0.2) is 16.3 Å². The number of aromatic nitrogens is 2. The molecule has 0 saturated heterocycles. The van der Waals surface area contributed by atoms with E-state index in [4.69, 9.17) is 0 Å². The van der Waals surface area contributed by atoms with Crippen LogP contribution in [0.2, 0.25) is 0 Å². The van der Waals surface area contributed by atoms with Crippen molar-refractivity contribution < 1.29 is 4.39 Å². The number of hydrogen-bond donors (Lipinski definition) is 1. The molecule has 0 aliphatic heterocycles. The monoisotopic (exact) mass is 307 g/mol. The molecular weight excluding hydrogens is 285 g/mol. The smallest absolute Gasteiger partial charge is 0.137 e. The minimum atomic E-state index is -0.178. The molecule has 3 nitrogen and oxygen atoms in total. The maximum atomic E-state index is 14.2. The summed E-state index contributed by atoms with van der Waals surface area (Å²) in [5.41, 5.74) is 1.93. The van der Waals surface area contributed by atoms with Gasteiger partial charge >= 0.3 is 0 Å². The number of halogens is 1. The first-order valence-corrected chi connectivity index (χ1v) is 7.95. The van der Waals surface area contributed by atoms with Crippen LogP contribution < -0.4 is 5.32 Å². The van der Waals surface area contributed by atoms with Crippen molar-refractivity contribution in [1.82, 2.24) is 15.1 Å². The zero-order valence-electron chi connectivity index (χ0n) is 13.0. The summed E-state index contributed by atoms with van der Waals surface area (Å²) >= 11 is 1.43. The zero-order valence-corrected chi connectivity index (χ0v) is 13.8. The lowest BCUT2D eigenvalue weighted by molar-refractivity contribution is 0.542. The van der Waals surface area contributed by atoms with Gasteiger partial charge < -0.3 is 5.32 Å². The lowest BCUT2D eigenvalue weighted by Crippen LogP contribution is -2.19. The molecule has 114 valence electrons. The van der Waals surface area contributed by atoms with Crippen molar-refractivity contribution in [2.24, 2.45) is 13.0 Å². The molecule has 0 spiro atoms. The molecule has 0 radical (unpaired) electrons. The van der Waals surface area contributed by atoms with E-state index in [9.17, 15) is 4.39 Å². The third kappa shape index (κ3) is 4.32. The SMILES string of the molecule is Cc1cc(Sc2c(F)cccc2CNCC(C)C)n(C)n1. The highest BCUT2D eigenvalue weighted by atomic mass is 32.2. The van der Waals surface area contributed by atoms with Crippen molar-refractivity contribution in [1.29, 1.82) is 0 Å². The third-order valence-electron chi connectivity index (χ3n) is 3.08. The van der Waals surface area contributed by atoms with Crippen LogP contribution in [0.4, 0.5) is 4.39 Å². The first-order valence-electron chi connectivity index (χ1n) is 7.14. The van der Waals surface area contributed by atoms with Crippen LogP contribution in [0.15, 0.2) is 34.2 Å². The van der Waals surface area contributed by atoms with Crippen molar-refractivity contribution >= 4 is 11.8 Å². The average Bonchev–Trinajstić information content (AvgIpc) is 2.71. The molecule has 0 aliphatic rings. The van der Waals surface area contributed by atoms with E-state index >= 15 is 0 Å². The Labute approximate surface area is 129 Å². The first kappa shape index (κ1) is 16.0. The summed E-state index contributed by atoms with van der Waals surface area (Å²) < 4.78 is 16.0. The Bertz CT molecular complexity index is 608. The molecular formula is C16H22FN3S. The highest BCUT2D eigenvalue weighted by Crippen LogP contribution is 2.32. The van der Waals surface area contributed by atoms with Crippen molar-refractivity contribution in [2.45, 2.75) is 37.2 Å². The van der Waals surface area contributed by atoms with Gasteiger partial charge in [0.15, 0.2) is 0 Å². The van der Waals surface area contributed by atoms with Crippen LogP contribution in [-0.2, 0) is 13.6 Å². The van der Waals surface area contributed by atoms with Gasteiger partial charge in [0.2, 0.25) is 0 Å². The van der Waals surface area contributed by atoms with Gasteiger partial charge in [-0.3, -0.25) is 4.68 Å². The van der Waals surface area contributed by atoms with Crippen LogP contribution >= 0.6 is 11.8 Å². The summed E-state index contributed by atoms with van der Waals surface area (Å²) in [6, 6.07) is 7.22. The normalized spacial score (nSPS) is 11.3. The second kappa shape index (κ2) is 7.09. The number of nitrogens with zero attached hydrogens (tertiary/aromatic N) is 2. The van der Waals surface area contributed by atoms with E-state index in [1.807, 2.05) is 26.1 Å². The minimum Gasteiger partial charge on any atom is -0.312 e. The van der Waals surface area contributed by atoms with Gasteiger partial charge in [-0.2, -0.15) is 5.10 Å². The van der Waals surface area contributed by atoms with Crippen molar-refractivity contribution in [3.63, 3.8) is 0 Å². The average molecular weight is 307 g/mol. The first-order chi connectivity index (χ1) is 9.97. The van der Waals surface area contributed by atoms with Gasteiger partial charge in [-0.05, 0) is 37.1 Å². The molecule has 0 aliphatic carbocycles. The summed E-state index contributed by atoms with van der Waals surface area (Å²) in [5.74, 6) is 0.400. The Kier molecular flexibility index (Phi) is 5.42. The topological polar surface area (TPSA) is 29.9 Å². The van der Waals surface area contributed by atoms with E-state index in [0.717, 1.165) is 22.8 Å². The Morgan fingerprint density at radius 1 is 1.38 bits per heavy atom. The molecule has 1 aromatic heterocycles. The van der Waals surface area contributed by atoms with Crippen LogP contribution in [0.3, 0.4) is 0 Å². The molecule has 0 fully saturated rings. The lowest BCUT2D eigenvalue weighted by Gasteiger charge is -2.12. The van der Waals surface area contributed by atoms with Crippen molar-refractivity contribution in [3.8, 4) is 0 Å². The quantitative estimate of drug-likeness (QED) is 0.881. The van der Waals surface area contributed by atoms with Crippen LogP contribution in [0.1, 0.15) is 25.1 Å². The molecule has 0 atom stereocenters. The summed E-state index contributed by atoms with van der Waals surface area (Å²) in [6.07, 6.45) is 0. The summed E-state index contributed by atoms with van der Waals surface area (Å²) in [5, 5.41) is 8.63. The summed E-state index contributed by atoms with van der Waals surface area (Å²) in [6.45, 7) is 7.86. The van der Waals surface area contributed by atoms with Gasteiger partial charge in [-0.15, -0.1) is 0 Å². The minimum absolute atomic E-state index is 0.178. The van der Waals surface area contributed by atoms with Gasteiger partial charge in [0.1, 0.15) is 5.82 Å². The van der Waals surface area contributed by atoms with Gasteiger partial charge in [0.05, 0.1) is 15.6 Å². The van der Waals surface area contributed by atoms with Crippen LogP contribution in [0, 0.1) is 18.7 Å². The van der Waals surface area contributed by atoms with E-state index in [1.54, 1.807) is 10.7 Å². The second-order valence-electron chi connectivity index (χ2n) is 5.60. The molecule has 0 unspecified atom stereocenters. The predicted octanol–water partition coefficient (Wildman–Crippen LogP) is 3.76. The highest BCUT2D eigenvalue weighted by Gasteiger charge is 2.13. The Morgan fingerprint density at radius 2 is 2.14 bits per heavy atom. The van der Waals surface area contributed by atoms with E-state index in [1.165, 1.54) is 17.8 Å². The lowest BCUT2D eigenvalue weighted by atomic mass is 10.2. The third-order valence-corrected chi connectivity index (χ3v) is 4.33. The highest BCUT2D eigenvalue weighted by molar-refractivity contribution is 7.99. The fourth-order valence-electron chi connectivity index (χ4n) is 2.09. The Morgan fingerprint density at radius 3 is 2.76 bits per heavy atom. The predicted molar refractivity (Wildman–Crippen MR) is 85.0 cm³/mol. The van der Waals surface area contributed by atoms with Gasteiger partial charge in [0.25, 0.3) is 0 Å². The zero-order chi connectivity index (χ0) is 15.4. The molecule has 5 heteroatoms. The molecule has 1 aromatic carbocycles. The fraction of sp³-hybridized carbons (Fsp3) is 0.438. The van der Waals surface area contributed by atoms with Crippen LogP contribution in [0.5, 0.6) is 0 Å². The van der Waals surface area contributed by atoms with E-state index < -0.39 is 0 Å². The molecule has 2 aromatic rings. The summed E-state index contributed by atoms with van der Waals surface area (Å²) in [7, 11) is 1.88. The van der Waals surface area contributed by atoms with Crippen LogP contribution in [0.25, 0.3) is 0 Å². The van der Waals surface area contributed by atoms with E-state index in [2.05, 4.69) is 24.3 Å². The van der Waals surface area contributed by atoms with E-state index in [-0.39, 0.29) is 5.82 Å². The number of rotatable bonds is 6. The number of aryl methyl sites for hydroxylation is 2. The molecule has 1 N–H and O–H groups in total. The maximum absolute atomic E-state index is 14.2. The molecule has 0 saturated carbocycles. The molecule has 21 heavy (non-hydrogen) atoms. The van der Waals surface area contributed by atoms with Gasteiger partial charge in [-0.25, -0.2) is 4.39 Å². The fourth-order valence-corrected chi connectivity index (χ4v) is 3.14. The molecule has 0 amide bonds. The van der Waals surface area contributed by atoms with Crippen molar-refractivity contribution in [3.05, 3.63) is 41.3 Å². The molecule has 0 bridgehead atoms. The Balaban J connectivity index is 2.19. The maximum Gasteiger partial charge on any atom is 0.137 e. The molecule has 1 heterocycles. The summed E-state index contributed by atoms with van der Waals surface area (Å²) in [4.78, 5) is 0.678. The Hall–Kier alpha value is -1.33. The van der Waals surface area contributed by atoms with Gasteiger partial charge in [0, 0.05) is 13.6 Å². The van der Waals surface area contributed by atoms with Gasteiger partial charge in [-0.1, -0.05) is 37.7 Å². The number of nitrogens with one attached hydrogen (secondary N) is 1. The second-order valence-corrected chi connectivity index (χ2v) is 6.63. The largest absolute Gasteiger partial charge is 0.312 e. The van der Waals surface area contributed by atoms with Crippen molar-refractivity contribution in [2.75, 3.05) is 6.54 Å². The number of hydrogen-bond acceptors (Lipinski definition) is 3. The number of benzene rings is 1. The molecule has 2 rings (SSSR count). The standard InChI is InChI=1S/C16H22FN3S/c1-11(2)9-18-10-13-6-5-7-14(17)16(13)21-15-8-12(3)19-20(15)4/h5-8,11,18H,9-10H2,1-4H3. The van der Waals surface area contributed by atoms with E-state index in [0.29, 0.717) is 17.4 Å².